The first kappa shape index (κ1) is 34.3. The second-order valence-electron chi connectivity index (χ2n) is 14.2. The van der Waals surface area contributed by atoms with Gasteiger partial charge in [-0.3, -0.25) is 9.78 Å². The molecule has 4 bridgehead atoms. The smallest absolute Gasteiger partial charge is 0.264 e. The molecule has 1 aliphatic carbocycles. The predicted molar refractivity (Wildman–Crippen MR) is 190 cm³/mol. The van der Waals surface area contributed by atoms with Crippen molar-refractivity contribution >= 4 is 27.7 Å². The van der Waals surface area contributed by atoms with E-state index in [1.54, 1.807) is 35.5 Å². The number of carbonyl (C=O) groups is 1. The zero-order valence-electron chi connectivity index (χ0n) is 29.1. The van der Waals surface area contributed by atoms with Gasteiger partial charge in [-0.1, -0.05) is 51.5 Å². The van der Waals surface area contributed by atoms with Gasteiger partial charge in [0.25, 0.3) is 15.9 Å². The van der Waals surface area contributed by atoms with E-state index in [0.29, 0.717) is 23.7 Å². The molecule has 4 aromatic rings. The molecule has 1 fully saturated rings. The Bertz CT molecular complexity index is 1940. The van der Waals surface area contributed by atoms with Crippen LogP contribution in [0.4, 0.5) is 11.8 Å². The zero-order valence-corrected chi connectivity index (χ0v) is 29.9. The number of sulfonamides is 1. The van der Waals surface area contributed by atoms with Crippen LogP contribution in [0.15, 0.2) is 65.8 Å². The number of carbonyl (C=O) groups excluding carboxylic acids is 1. The fourth-order valence-corrected chi connectivity index (χ4v) is 7.85. The van der Waals surface area contributed by atoms with Gasteiger partial charge in [-0.05, 0) is 73.8 Å². The van der Waals surface area contributed by atoms with Gasteiger partial charge < -0.3 is 14.5 Å². The van der Waals surface area contributed by atoms with Gasteiger partial charge in [-0.15, -0.1) is 0 Å². The summed E-state index contributed by atoms with van der Waals surface area (Å²) in [6.07, 6.45) is 7.33. The van der Waals surface area contributed by atoms with E-state index >= 15 is 0 Å². The van der Waals surface area contributed by atoms with E-state index in [0.717, 1.165) is 48.3 Å². The molecule has 3 heterocycles. The number of hydrogen-bond acceptors (Lipinski definition) is 9. The van der Waals surface area contributed by atoms with Crippen LogP contribution >= 0.6 is 0 Å². The van der Waals surface area contributed by atoms with Crippen molar-refractivity contribution in [2.24, 2.45) is 11.3 Å². The number of aryl methyl sites for hydroxylation is 2. The third kappa shape index (κ3) is 7.69. The van der Waals surface area contributed by atoms with Crippen molar-refractivity contribution in [1.29, 1.82) is 0 Å². The van der Waals surface area contributed by atoms with Crippen molar-refractivity contribution in [2.75, 3.05) is 29.8 Å². The Hall–Kier alpha value is -4.58. The molecular weight excluding hydrogens is 639 g/mol. The lowest BCUT2D eigenvalue weighted by molar-refractivity contribution is 0.0349. The lowest BCUT2D eigenvalue weighted by Crippen LogP contribution is -2.47. The van der Waals surface area contributed by atoms with Crippen molar-refractivity contribution in [1.82, 2.24) is 24.8 Å². The minimum Gasteiger partial charge on any atom is -0.475 e. The number of amides is 1. The number of rotatable bonds is 8. The topological polar surface area (TPSA) is 131 Å². The Morgan fingerprint density at radius 3 is 2.47 bits per heavy atom. The molecule has 1 saturated carbocycles. The Labute approximate surface area is 289 Å². The first-order valence-corrected chi connectivity index (χ1v) is 18.3. The Kier molecular flexibility index (Phi) is 9.61. The number of aromatic nitrogens is 4. The number of benzene rings is 2. The Balaban J connectivity index is 1.47. The third-order valence-electron chi connectivity index (χ3n) is 9.51. The summed E-state index contributed by atoms with van der Waals surface area (Å²) in [5.74, 6) is 0.934. The van der Waals surface area contributed by atoms with E-state index in [2.05, 4.69) is 45.3 Å². The summed E-state index contributed by atoms with van der Waals surface area (Å²) in [7, 11) is -2.19. The summed E-state index contributed by atoms with van der Waals surface area (Å²) < 4.78 is 36.5. The van der Waals surface area contributed by atoms with Crippen LogP contribution in [0.5, 0.6) is 5.88 Å². The summed E-state index contributed by atoms with van der Waals surface area (Å²) >= 11 is 0. The number of hydrogen-bond donors (Lipinski definition) is 1. The quantitative estimate of drug-likeness (QED) is 0.223. The number of nitrogens with zero attached hydrogens (tertiary/aromatic N) is 6. The molecule has 0 unspecified atom stereocenters. The van der Waals surface area contributed by atoms with E-state index < -0.39 is 10.0 Å². The number of ether oxygens (including phenoxy) is 1. The Morgan fingerprint density at radius 1 is 1.04 bits per heavy atom. The molecule has 49 heavy (non-hydrogen) atoms. The van der Waals surface area contributed by atoms with E-state index in [1.807, 2.05) is 39.1 Å². The second-order valence-corrected chi connectivity index (χ2v) is 15.9. The predicted octanol–water partition coefficient (Wildman–Crippen LogP) is 6.43. The highest BCUT2D eigenvalue weighted by Crippen LogP contribution is 2.45. The van der Waals surface area contributed by atoms with Crippen LogP contribution in [0.1, 0.15) is 73.6 Å². The first-order chi connectivity index (χ1) is 23.3. The van der Waals surface area contributed by atoms with Crippen LogP contribution in [0, 0.1) is 25.2 Å². The molecule has 6 rings (SSSR count). The van der Waals surface area contributed by atoms with Crippen molar-refractivity contribution in [3.8, 4) is 17.1 Å². The molecule has 0 spiro atoms. The third-order valence-corrected chi connectivity index (χ3v) is 10.8. The molecule has 11 nitrogen and oxygen atoms in total. The molecule has 258 valence electrons. The van der Waals surface area contributed by atoms with Crippen molar-refractivity contribution in [3.05, 3.63) is 83.3 Å². The zero-order chi connectivity index (χ0) is 34.9. The van der Waals surface area contributed by atoms with Gasteiger partial charge in [0.1, 0.15) is 12.4 Å². The second kappa shape index (κ2) is 13.7. The maximum Gasteiger partial charge on any atom is 0.264 e. The van der Waals surface area contributed by atoms with Crippen LogP contribution in [0.3, 0.4) is 0 Å². The van der Waals surface area contributed by atoms with E-state index in [9.17, 15) is 13.2 Å². The largest absolute Gasteiger partial charge is 0.475 e. The molecule has 12 heteroatoms. The average molecular weight is 684 g/mol. The summed E-state index contributed by atoms with van der Waals surface area (Å²) in [5.41, 5.74) is 4.28. The molecule has 0 saturated heterocycles. The average Bonchev–Trinajstić information content (AvgIpc) is 3.04. The standard InChI is InChI=1S/C37H45N7O4S/c1-24(2)21-43(6)32-20-38-19-28(39-32)22-44-29(18-37(5)14-9-15-37)23-48-33-17-31(34-25(3)10-7-11-26(34)4)40-36(41-33)42-49(46,47)30-13-8-12-27(16-30)35(44)45/h7-8,10-13,16-17,19-20,24,29H,9,14-15,18,21-23H2,1-6H3,(H,40,41,42)/t29-/m1/s1. The van der Waals surface area contributed by atoms with Gasteiger partial charge >= 0.3 is 0 Å². The van der Waals surface area contributed by atoms with Crippen molar-refractivity contribution < 1.29 is 17.9 Å². The lowest BCUT2D eigenvalue weighted by atomic mass is 9.67. The van der Waals surface area contributed by atoms with Crippen LogP contribution in [0.25, 0.3) is 11.3 Å². The van der Waals surface area contributed by atoms with E-state index in [4.69, 9.17) is 9.72 Å². The molecule has 1 aliphatic heterocycles. The van der Waals surface area contributed by atoms with E-state index in [-0.39, 0.29) is 52.8 Å². The molecule has 1 atom stereocenters. The summed E-state index contributed by atoms with van der Waals surface area (Å²) in [5, 5.41) is 0. The van der Waals surface area contributed by atoms with Gasteiger partial charge in [-0.25, -0.2) is 23.1 Å². The van der Waals surface area contributed by atoms with Crippen LogP contribution in [0.2, 0.25) is 0 Å². The van der Waals surface area contributed by atoms with Crippen LogP contribution in [-0.4, -0.2) is 65.4 Å². The summed E-state index contributed by atoms with van der Waals surface area (Å²) in [6.45, 7) is 11.6. The number of nitrogens with one attached hydrogen (secondary N) is 1. The molecule has 2 aromatic carbocycles. The van der Waals surface area contributed by atoms with Gasteiger partial charge in [-0.2, -0.15) is 4.98 Å². The fourth-order valence-electron chi connectivity index (χ4n) is 6.86. The minimum absolute atomic E-state index is 0.0263. The minimum atomic E-state index is -4.17. The number of fused-ring (bicyclic) bond motifs is 4. The highest BCUT2D eigenvalue weighted by molar-refractivity contribution is 7.92. The normalized spacial score (nSPS) is 18.3. The molecule has 1 N–H and O–H groups in total. The van der Waals surface area contributed by atoms with Gasteiger partial charge in [0.05, 0.1) is 41.3 Å². The SMILES string of the molecule is Cc1cccc(C)c1-c1cc2nc(n1)NS(=O)(=O)c1cccc(c1)C(=O)N(Cc1cncc(N(C)CC(C)C)n1)[C@H](CC1(C)CCC1)CO2. The van der Waals surface area contributed by atoms with Gasteiger partial charge in [0.2, 0.25) is 11.8 Å². The molecule has 2 aromatic heterocycles. The van der Waals surface area contributed by atoms with E-state index in [1.165, 1.54) is 12.1 Å². The van der Waals surface area contributed by atoms with Crippen molar-refractivity contribution in [2.45, 2.75) is 77.8 Å². The molecule has 2 aliphatic rings. The van der Waals surface area contributed by atoms with Gasteiger partial charge in [0, 0.05) is 30.8 Å². The molecule has 1 amide bonds. The highest BCUT2D eigenvalue weighted by Gasteiger charge is 2.38. The summed E-state index contributed by atoms with van der Waals surface area (Å²) in [6, 6.07) is 13.4. The lowest BCUT2D eigenvalue weighted by Gasteiger charge is -2.43. The first-order valence-electron chi connectivity index (χ1n) is 16.8. The maximum absolute atomic E-state index is 14.6. The molecule has 0 radical (unpaired) electrons. The van der Waals surface area contributed by atoms with Crippen molar-refractivity contribution in [3.63, 3.8) is 0 Å². The van der Waals surface area contributed by atoms with Gasteiger partial charge in [0.15, 0.2) is 0 Å². The maximum atomic E-state index is 14.6. The monoisotopic (exact) mass is 683 g/mol. The van der Waals surface area contributed by atoms with Crippen LogP contribution < -0.4 is 14.4 Å². The fraction of sp³-hybridized carbons (Fsp3) is 0.432. The number of anilines is 2. The Morgan fingerprint density at radius 2 is 1.78 bits per heavy atom. The highest BCUT2D eigenvalue weighted by atomic mass is 32.2. The molecular formula is C37H45N7O4S. The van der Waals surface area contributed by atoms with Crippen LogP contribution in [-0.2, 0) is 16.6 Å². The summed E-state index contributed by atoms with van der Waals surface area (Å²) in [4.78, 5) is 36.8.